The van der Waals surface area contributed by atoms with E-state index in [9.17, 15) is 9.59 Å². The Kier molecular flexibility index (Phi) is 5.98. The minimum atomic E-state index is -0.192. The SMILES string of the molecule is CCOCC(=O)c1cnc(NC(=O)C2CC2)cc1Nc1cccc2c1N(C)[C@H](C)c1nc(C)nn1-2. The van der Waals surface area contributed by atoms with Crippen LogP contribution in [-0.4, -0.2) is 51.7 Å². The van der Waals surface area contributed by atoms with Crippen LogP contribution in [0.1, 0.15) is 54.7 Å². The number of ketones is 1. The van der Waals surface area contributed by atoms with Crippen LogP contribution in [0.5, 0.6) is 0 Å². The summed E-state index contributed by atoms with van der Waals surface area (Å²) < 4.78 is 7.22. The Morgan fingerprint density at radius 2 is 2.03 bits per heavy atom. The number of carbonyl (C=O) groups is 2. The third-order valence-electron chi connectivity index (χ3n) is 6.40. The number of para-hydroxylation sites is 1. The van der Waals surface area contributed by atoms with Gasteiger partial charge in [0, 0.05) is 31.8 Å². The van der Waals surface area contributed by atoms with Crippen LogP contribution in [0.4, 0.5) is 22.9 Å². The summed E-state index contributed by atoms with van der Waals surface area (Å²) >= 11 is 0. The van der Waals surface area contributed by atoms with Crippen molar-refractivity contribution in [3.8, 4) is 5.69 Å². The summed E-state index contributed by atoms with van der Waals surface area (Å²) in [6, 6.07) is 7.59. The lowest BCUT2D eigenvalue weighted by Gasteiger charge is -2.35. The first-order chi connectivity index (χ1) is 16.9. The molecule has 182 valence electrons. The first-order valence-electron chi connectivity index (χ1n) is 11.9. The normalized spacial score (nSPS) is 16.5. The molecule has 10 nitrogen and oxygen atoms in total. The average Bonchev–Trinajstić information content (AvgIpc) is 3.62. The maximum atomic E-state index is 12.9. The van der Waals surface area contributed by atoms with Crippen LogP contribution in [-0.2, 0) is 9.53 Å². The van der Waals surface area contributed by atoms with E-state index < -0.39 is 0 Å². The van der Waals surface area contributed by atoms with Gasteiger partial charge in [-0.25, -0.2) is 14.6 Å². The molecule has 1 fully saturated rings. The van der Waals surface area contributed by atoms with E-state index in [1.54, 1.807) is 6.07 Å². The van der Waals surface area contributed by atoms with Gasteiger partial charge in [0.2, 0.25) is 5.91 Å². The molecule has 10 heteroatoms. The molecule has 1 saturated carbocycles. The highest BCUT2D eigenvalue weighted by Crippen LogP contribution is 2.42. The maximum absolute atomic E-state index is 12.9. The van der Waals surface area contributed by atoms with Crippen LogP contribution >= 0.6 is 0 Å². The first-order valence-corrected chi connectivity index (χ1v) is 11.9. The van der Waals surface area contributed by atoms with Gasteiger partial charge in [0.15, 0.2) is 11.6 Å². The molecule has 5 rings (SSSR count). The zero-order valence-corrected chi connectivity index (χ0v) is 20.3. The fraction of sp³-hybridized carbons (Fsp3) is 0.400. The molecule has 1 amide bonds. The standard InChI is InChI=1S/C25H29N7O3/c1-5-35-13-21(33)17-12-26-22(29-25(34)16-9-10-16)11-19(17)28-18-7-6-8-20-23(18)31(4)14(2)24-27-15(3)30-32(20)24/h6-8,11-12,14,16H,5,9-10,13H2,1-4H3,(H2,26,28,29,34)/t14-/m1/s1. The third kappa shape index (κ3) is 4.37. The van der Waals surface area contributed by atoms with Gasteiger partial charge in [-0.1, -0.05) is 6.07 Å². The Morgan fingerprint density at radius 1 is 1.23 bits per heavy atom. The summed E-state index contributed by atoms with van der Waals surface area (Å²) in [5, 5.41) is 10.9. The number of Topliss-reactive ketones (excluding diaryl/α,β-unsaturated/α-hetero) is 1. The third-order valence-corrected chi connectivity index (χ3v) is 6.40. The van der Waals surface area contributed by atoms with Crippen molar-refractivity contribution in [1.29, 1.82) is 0 Å². The Morgan fingerprint density at radius 3 is 2.77 bits per heavy atom. The van der Waals surface area contributed by atoms with Crippen LogP contribution in [0.15, 0.2) is 30.5 Å². The summed E-state index contributed by atoms with van der Waals surface area (Å²) in [5.41, 5.74) is 3.56. The second kappa shape index (κ2) is 9.10. The van der Waals surface area contributed by atoms with E-state index in [2.05, 4.69) is 37.5 Å². The number of carbonyl (C=O) groups excluding carboxylic acids is 2. The van der Waals surface area contributed by atoms with Crippen molar-refractivity contribution in [3.63, 3.8) is 0 Å². The lowest BCUT2D eigenvalue weighted by atomic mass is 10.1. The average molecular weight is 476 g/mol. The van der Waals surface area contributed by atoms with Gasteiger partial charge in [0.25, 0.3) is 0 Å². The molecule has 2 aliphatic rings. The van der Waals surface area contributed by atoms with Crippen LogP contribution < -0.4 is 15.5 Å². The van der Waals surface area contributed by atoms with Gasteiger partial charge in [-0.3, -0.25) is 9.59 Å². The predicted molar refractivity (Wildman–Crippen MR) is 133 cm³/mol. The minimum Gasteiger partial charge on any atom is -0.374 e. The molecule has 1 aromatic carbocycles. The molecule has 2 aromatic heterocycles. The van der Waals surface area contributed by atoms with E-state index in [-0.39, 0.29) is 30.3 Å². The highest BCUT2D eigenvalue weighted by Gasteiger charge is 2.32. The Bertz CT molecular complexity index is 1300. The van der Waals surface area contributed by atoms with E-state index in [1.165, 1.54) is 6.20 Å². The molecule has 0 saturated heterocycles. The van der Waals surface area contributed by atoms with Crippen molar-refractivity contribution in [2.45, 2.75) is 39.7 Å². The number of hydrogen-bond donors (Lipinski definition) is 2. The predicted octanol–water partition coefficient (Wildman–Crippen LogP) is 3.79. The topological polar surface area (TPSA) is 114 Å². The molecular formula is C25H29N7O3. The van der Waals surface area contributed by atoms with E-state index in [4.69, 9.17) is 4.74 Å². The molecule has 3 aromatic rings. The van der Waals surface area contributed by atoms with E-state index in [1.807, 2.05) is 43.8 Å². The summed E-state index contributed by atoms with van der Waals surface area (Å²) in [5.74, 6) is 1.79. The lowest BCUT2D eigenvalue weighted by molar-refractivity contribution is -0.117. The van der Waals surface area contributed by atoms with Gasteiger partial charge in [0.1, 0.15) is 18.2 Å². The maximum Gasteiger partial charge on any atom is 0.228 e. The second-order valence-electron chi connectivity index (χ2n) is 8.95. The van der Waals surface area contributed by atoms with Gasteiger partial charge in [-0.05, 0) is 45.7 Å². The number of fused-ring (bicyclic) bond motifs is 3. The van der Waals surface area contributed by atoms with Gasteiger partial charge >= 0.3 is 0 Å². The van der Waals surface area contributed by atoms with Gasteiger partial charge < -0.3 is 20.3 Å². The first kappa shape index (κ1) is 23.0. The molecule has 2 N–H and O–H groups in total. The van der Waals surface area contributed by atoms with Crippen molar-refractivity contribution in [1.82, 2.24) is 19.7 Å². The van der Waals surface area contributed by atoms with Crippen LogP contribution in [0.3, 0.4) is 0 Å². The summed E-state index contributed by atoms with van der Waals surface area (Å²) in [7, 11) is 2.01. The molecule has 0 radical (unpaired) electrons. The second-order valence-corrected chi connectivity index (χ2v) is 8.95. The monoisotopic (exact) mass is 475 g/mol. The molecule has 3 heterocycles. The minimum absolute atomic E-state index is 0.00321. The van der Waals surface area contributed by atoms with Crippen LogP contribution in [0.2, 0.25) is 0 Å². The number of pyridine rings is 1. The zero-order valence-electron chi connectivity index (χ0n) is 20.3. The van der Waals surface area contributed by atoms with Gasteiger partial charge in [0.05, 0.1) is 34.4 Å². The van der Waals surface area contributed by atoms with Crippen molar-refractivity contribution >= 4 is 34.6 Å². The smallest absolute Gasteiger partial charge is 0.228 e. The number of benzene rings is 1. The number of nitrogens with zero attached hydrogens (tertiary/aromatic N) is 5. The van der Waals surface area contributed by atoms with Crippen LogP contribution in [0, 0.1) is 12.8 Å². The Hall–Kier alpha value is -3.79. The Balaban J connectivity index is 1.55. The quantitative estimate of drug-likeness (QED) is 0.473. The molecular weight excluding hydrogens is 446 g/mol. The number of nitrogens with one attached hydrogen (secondary N) is 2. The van der Waals surface area contributed by atoms with Crippen molar-refractivity contribution in [3.05, 3.63) is 47.7 Å². The fourth-order valence-electron chi connectivity index (χ4n) is 4.26. The molecule has 1 atom stereocenters. The molecule has 1 aliphatic carbocycles. The number of ether oxygens (including phenoxy) is 1. The molecule has 0 spiro atoms. The zero-order chi connectivity index (χ0) is 24.7. The van der Waals surface area contributed by atoms with Crippen molar-refractivity contribution < 1.29 is 14.3 Å². The summed E-state index contributed by atoms with van der Waals surface area (Å²) in [4.78, 5) is 36.3. The molecule has 0 unspecified atom stereocenters. The highest BCUT2D eigenvalue weighted by atomic mass is 16.5. The number of aryl methyl sites for hydroxylation is 1. The van der Waals surface area contributed by atoms with E-state index >= 15 is 0 Å². The summed E-state index contributed by atoms with van der Waals surface area (Å²) in [6.45, 7) is 6.19. The summed E-state index contributed by atoms with van der Waals surface area (Å²) in [6.07, 6.45) is 3.28. The van der Waals surface area contributed by atoms with Crippen molar-refractivity contribution in [2.75, 3.05) is 35.8 Å². The van der Waals surface area contributed by atoms with Crippen LogP contribution in [0.25, 0.3) is 5.69 Å². The fourth-order valence-corrected chi connectivity index (χ4v) is 4.26. The largest absolute Gasteiger partial charge is 0.374 e. The molecule has 1 aliphatic heterocycles. The number of hydrogen-bond acceptors (Lipinski definition) is 8. The Labute approximate surface area is 203 Å². The van der Waals surface area contributed by atoms with E-state index in [0.29, 0.717) is 29.5 Å². The van der Waals surface area contributed by atoms with E-state index in [0.717, 1.165) is 35.7 Å². The number of anilines is 4. The number of rotatable bonds is 8. The molecule has 0 bridgehead atoms. The molecule has 35 heavy (non-hydrogen) atoms. The lowest BCUT2D eigenvalue weighted by Crippen LogP contribution is -2.31. The van der Waals surface area contributed by atoms with Crippen molar-refractivity contribution in [2.24, 2.45) is 5.92 Å². The number of aromatic nitrogens is 4. The van der Waals surface area contributed by atoms with Gasteiger partial charge in [-0.2, -0.15) is 5.10 Å². The highest BCUT2D eigenvalue weighted by molar-refractivity contribution is 6.04. The van der Waals surface area contributed by atoms with Gasteiger partial charge in [-0.15, -0.1) is 0 Å². The number of amides is 1.